The Morgan fingerprint density at radius 1 is 1.31 bits per heavy atom. The van der Waals surface area contributed by atoms with Crippen molar-refractivity contribution >= 4 is 5.97 Å². The molecule has 0 aliphatic heterocycles. The average molecular weight is 228 g/mol. The van der Waals surface area contributed by atoms with Crippen molar-refractivity contribution in [3.63, 3.8) is 0 Å². The second kappa shape index (κ2) is 6.04. The van der Waals surface area contributed by atoms with Gasteiger partial charge in [-0.3, -0.25) is 4.79 Å². The minimum atomic E-state index is -0.228. The first kappa shape index (κ1) is 15.2. The summed E-state index contributed by atoms with van der Waals surface area (Å²) in [4.78, 5) is 10.9. The van der Waals surface area contributed by atoms with E-state index < -0.39 is 0 Å². The molecule has 3 heteroatoms. The van der Waals surface area contributed by atoms with Gasteiger partial charge in [0.05, 0.1) is 13.5 Å². The molecule has 0 radical (unpaired) electrons. The van der Waals surface area contributed by atoms with Crippen molar-refractivity contribution in [2.24, 2.45) is 10.8 Å². The summed E-state index contributed by atoms with van der Waals surface area (Å²) in [6.45, 7) is 8.42. The van der Waals surface area contributed by atoms with E-state index in [1.54, 1.807) is 0 Å². The Hall–Kier alpha value is -0.830. The first-order valence-electron chi connectivity index (χ1n) is 5.58. The van der Waals surface area contributed by atoms with Gasteiger partial charge in [-0.2, -0.15) is 0 Å². The van der Waals surface area contributed by atoms with Crippen molar-refractivity contribution in [1.82, 2.24) is 0 Å². The number of aliphatic hydroxyl groups excluding tert-OH is 1. The van der Waals surface area contributed by atoms with Gasteiger partial charge in [-0.15, -0.1) is 0 Å². The van der Waals surface area contributed by atoms with Gasteiger partial charge in [0, 0.05) is 6.61 Å². The van der Waals surface area contributed by atoms with E-state index in [-0.39, 0.29) is 23.4 Å². The molecule has 0 heterocycles. The summed E-state index contributed by atoms with van der Waals surface area (Å²) in [5.41, 5.74) is -0.126. The third-order valence-corrected chi connectivity index (χ3v) is 2.44. The molecule has 0 saturated carbocycles. The average Bonchev–Trinajstić information content (AvgIpc) is 2.15. The highest BCUT2D eigenvalue weighted by molar-refractivity contribution is 5.70. The summed E-state index contributed by atoms with van der Waals surface area (Å²) < 4.78 is 4.56. The molecule has 0 aromatic rings. The van der Waals surface area contributed by atoms with Crippen molar-refractivity contribution in [2.75, 3.05) is 13.7 Å². The van der Waals surface area contributed by atoms with Crippen LogP contribution >= 0.6 is 0 Å². The monoisotopic (exact) mass is 228 g/mol. The fraction of sp³-hybridized carbons (Fsp3) is 0.769. The molecule has 0 rings (SSSR count). The molecule has 0 amide bonds. The Bertz CT molecular complexity index is 252. The van der Waals surface area contributed by atoms with E-state index >= 15 is 0 Å². The standard InChI is InChI=1S/C13H24O3/c1-12(2,9-13(3,4)10-14)8-6-7-11(15)16-5/h6,8,14H,7,9-10H2,1-5H3/b8-6-. The van der Waals surface area contributed by atoms with Crippen LogP contribution in [0.1, 0.15) is 40.5 Å². The van der Waals surface area contributed by atoms with E-state index in [0.717, 1.165) is 6.42 Å². The van der Waals surface area contributed by atoms with Crippen LogP contribution in [0.15, 0.2) is 12.2 Å². The Morgan fingerprint density at radius 3 is 2.31 bits per heavy atom. The van der Waals surface area contributed by atoms with E-state index in [1.807, 2.05) is 26.0 Å². The summed E-state index contributed by atoms with van der Waals surface area (Å²) in [6.07, 6.45) is 5.02. The molecule has 0 aliphatic rings. The van der Waals surface area contributed by atoms with Crippen LogP contribution in [0.5, 0.6) is 0 Å². The third-order valence-electron chi connectivity index (χ3n) is 2.44. The lowest BCUT2D eigenvalue weighted by molar-refractivity contribution is -0.139. The molecule has 0 unspecified atom stereocenters. The molecule has 0 spiro atoms. The summed E-state index contributed by atoms with van der Waals surface area (Å²) in [7, 11) is 1.39. The number of hydrogen-bond acceptors (Lipinski definition) is 3. The fourth-order valence-electron chi connectivity index (χ4n) is 1.91. The number of aliphatic hydroxyl groups is 1. The van der Waals surface area contributed by atoms with Crippen molar-refractivity contribution in [3.8, 4) is 0 Å². The van der Waals surface area contributed by atoms with Gasteiger partial charge in [-0.25, -0.2) is 0 Å². The number of rotatable bonds is 6. The maximum absolute atomic E-state index is 10.9. The van der Waals surface area contributed by atoms with Gasteiger partial charge in [0.15, 0.2) is 0 Å². The maximum atomic E-state index is 10.9. The summed E-state index contributed by atoms with van der Waals surface area (Å²) >= 11 is 0. The van der Waals surface area contributed by atoms with Crippen LogP contribution in [0.2, 0.25) is 0 Å². The largest absolute Gasteiger partial charge is 0.469 e. The van der Waals surface area contributed by atoms with Crippen LogP contribution in [0, 0.1) is 10.8 Å². The van der Waals surface area contributed by atoms with Gasteiger partial charge in [0.25, 0.3) is 0 Å². The number of carbonyl (C=O) groups excluding carboxylic acids is 1. The lowest BCUT2D eigenvalue weighted by Crippen LogP contribution is -2.24. The Morgan fingerprint density at radius 2 is 1.88 bits per heavy atom. The molecule has 0 aromatic carbocycles. The molecule has 94 valence electrons. The number of esters is 1. The normalized spacial score (nSPS) is 13.1. The molecule has 0 aliphatic carbocycles. The quantitative estimate of drug-likeness (QED) is 0.561. The highest BCUT2D eigenvalue weighted by Gasteiger charge is 2.26. The van der Waals surface area contributed by atoms with Gasteiger partial charge < -0.3 is 9.84 Å². The highest BCUT2D eigenvalue weighted by atomic mass is 16.5. The first-order chi connectivity index (χ1) is 7.22. The van der Waals surface area contributed by atoms with Gasteiger partial charge in [-0.05, 0) is 17.3 Å². The third kappa shape index (κ3) is 6.62. The van der Waals surface area contributed by atoms with Crippen LogP contribution in [0.25, 0.3) is 0 Å². The lowest BCUT2D eigenvalue weighted by atomic mass is 9.75. The van der Waals surface area contributed by atoms with E-state index in [9.17, 15) is 9.90 Å². The van der Waals surface area contributed by atoms with Crippen molar-refractivity contribution in [2.45, 2.75) is 40.5 Å². The minimum Gasteiger partial charge on any atom is -0.469 e. The molecule has 16 heavy (non-hydrogen) atoms. The maximum Gasteiger partial charge on any atom is 0.309 e. The second-order valence-corrected chi connectivity index (χ2v) is 5.67. The summed E-state index contributed by atoms with van der Waals surface area (Å²) in [6, 6.07) is 0. The zero-order chi connectivity index (χ0) is 12.8. The van der Waals surface area contributed by atoms with Crippen molar-refractivity contribution in [1.29, 1.82) is 0 Å². The summed E-state index contributed by atoms with van der Waals surface area (Å²) in [5, 5.41) is 9.21. The first-order valence-corrected chi connectivity index (χ1v) is 5.58. The smallest absolute Gasteiger partial charge is 0.309 e. The van der Waals surface area contributed by atoms with E-state index in [4.69, 9.17) is 0 Å². The van der Waals surface area contributed by atoms with Gasteiger partial charge in [0.2, 0.25) is 0 Å². The van der Waals surface area contributed by atoms with Crippen LogP contribution in [0.3, 0.4) is 0 Å². The Balaban J connectivity index is 4.29. The van der Waals surface area contributed by atoms with E-state index in [1.165, 1.54) is 7.11 Å². The number of allylic oxidation sites excluding steroid dienone is 1. The molecular weight excluding hydrogens is 204 g/mol. The Kier molecular flexibility index (Phi) is 5.73. The van der Waals surface area contributed by atoms with Crippen molar-refractivity contribution < 1.29 is 14.6 Å². The number of hydrogen-bond donors (Lipinski definition) is 1. The van der Waals surface area contributed by atoms with Gasteiger partial charge in [0.1, 0.15) is 0 Å². The molecule has 0 aromatic heterocycles. The number of ether oxygens (including phenoxy) is 1. The number of carbonyl (C=O) groups is 1. The van der Waals surface area contributed by atoms with Crippen LogP contribution in [-0.4, -0.2) is 24.8 Å². The van der Waals surface area contributed by atoms with Crippen LogP contribution in [0.4, 0.5) is 0 Å². The van der Waals surface area contributed by atoms with Crippen molar-refractivity contribution in [3.05, 3.63) is 12.2 Å². The molecule has 0 saturated heterocycles. The molecule has 0 bridgehead atoms. The zero-order valence-electron chi connectivity index (χ0n) is 11.0. The zero-order valence-corrected chi connectivity index (χ0v) is 11.0. The predicted octanol–water partition coefficient (Wildman–Crippen LogP) is 2.54. The fourth-order valence-corrected chi connectivity index (χ4v) is 1.91. The molecule has 0 atom stereocenters. The van der Waals surface area contributed by atoms with Crippen LogP contribution < -0.4 is 0 Å². The second-order valence-electron chi connectivity index (χ2n) is 5.67. The molecule has 3 nitrogen and oxygen atoms in total. The molecule has 1 N–H and O–H groups in total. The molecular formula is C13H24O3. The summed E-state index contributed by atoms with van der Waals surface area (Å²) in [5.74, 6) is -0.228. The predicted molar refractivity (Wildman–Crippen MR) is 65.0 cm³/mol. The van der Waals surface area contributed by atoms with Gasteiger partial charge >= 0.3 is 5.97 Å². The van der Waals surface area contributed by atoms with E-state index in [2.05, 4.69) is 18.6 Å². The minimum absolute atomic E-state index is 0.0275. The number of methoxy groups -OCH3 is 1. The van der Waals surface area contributed by atoms with Gasteiger partial charge in [-0.1, -0.05) is 39.8 Å². The topological polar surface area (TPSA) is 46.5 Å². The van der Waals surface area contributed by atoms with Crippen LogP contribution in [-0.2, 0) is 9.53 Å². The lowest BCUT2D eigenvalue weighted by Gasteiger charge is -2.31. The SMILES string of the molecule is COC(=O)C/C=C\C(C)(C)CC(C)(C)CO. The Labute approximate surface area is 98.5 Å². The molecule has 0 fully saturated rings. The highest BCUT2D eigenvalue weighted by Crippen LogP contribution is 2.34. The van der Waals surface area contributed by atoms with E-state index in [0.29, 0.717) is 6.42 Å².